The van der Waals surface area contributed by atoms with Gasteiger partial charge < -0.3 is 14.6 Å². The number of benzene rings is 1. The normalized spacial score (nSPS) is 21.9. The fraction of sp³-hybridized carbons (Fsp3) is 0.500. The Bertz CT molecular complexity index is 960. The first-order valence-electron chi connectivity index (χ1n) is 9.60. The molecule has 1 N–H and O–H groups in total. The number of aryl methyl sites for hydroxylation is 1. The molecule has 1 saturated heterocycles. The summed E-state index contributed by atoms with van der Waals surface area (Å²) >= 11 is 1.49. The third kappa shape index (κ3) is 3.47. The molecule has 0 bridgehead atoms. The Morgan fingerprint density at radius 3 is 2.71 bits per heavy atom. The van der Waals surface area contributed by atoms with Crippen molar-refractivity contribution in [2.24, 2.45) is 0 Å². The highest BCUT2D eigenvalue weighted by Crippen LogP contribution is 2.41. The summed E-state index contributed by atoms with van der Waals surface area (Å²) in [7, 11) is 1.67. The maximum Gasteiger partial charge on any atom is 0.230 e. The molecule has 0 spiro atoms. The van der Waals surface area contributed by atoms with Crippen molar-refractivity contribution in [1.29, 1.82) is 0 Å². The molecule has 28 heavy (non-hydrogen) atoms. The average molecular weight is 403 g/mol. The topological polar surface area (TPSA) is 72.1 Å². The van der Waals surface area contributed by atoms with E-state index in [2.05, 4.69) is 34.9 Å². The first kappa shape index (κ1) is 19.2. The van der Waals surface area contributed by atoms with E-state index in [1.807, 2.05) is 25.1 Å². The van der Waals surface area contributed by atoms with Gasteiger partial charge in [-0.25, -0.2) is 4.98 Å². The largest absolute Gasteiger partial charge is 0.497 e. The summed E-state index contributed by atoms with van der Waals surface area (Å²) in [5.74, 6) is 1.69. The smallest absolute Gasteiger partial charge is 0.230 e. The highest BCUT2D eigenvalue weighted by atomic mass is 32.1. The van der Waals surface area contributed by atoms with Crippen LogP contribution in [0.15, 0.2) is 24.3 Å². The van der Waals surface area contributed by atoms with Crippen molar-refractivity contribution >= 4 is 16.3 Å². The molecule has 4 rings (SSSR count). The zero-order valence-corrected chi connectivity index (χ0v) is 17.4. The van der Waals surface area contributed by atoms with E-state index >= 15 is 0 Å². The van der Waals surface area contributed by atoms with Gasteiger partial charge in [-0.15, -0.1) is 5.10 Å². The molecule has 0 unspecified atom stereocenters. The standard InChI is InChI=1S/C20H26N4O3S/c1-5-16-21-20-24(22-16)19(25)18(28-20)17(14-7-6-8-15(9-14)26-4)23-10-12(2)27-13(3)11-23/h6-9,12-13,17,25H,5,10-11H2,1-4H3/t12-,13-,17-/m1/s1. The van der Waals surface area contributed by atoms with E-state index in [-0.39, 0.29) is 24.1 Å². The molecule has 2 aromatic heterocycles. The van der Waals surface area contributed by atoms with E-state index in [1.54, 1.807) is 11.6 Å². The molecule has 8 heteroatoms. The van der Waals surface area contributed by atoms with Crippen LogP contribution in [0.3, 0.4) is 0 Å². The van der Waals surface area contributed by atoms with Crippen LogP contribution in [0.5, 0.6) is 11.6 Å². The number of hydrogen-bond donors (Lipinski definition) is 1. The van der Waals surface area contributed by atoms with Crippen LogP contribution in [0, 0.1) is 0 Å². The average Bonchev–Trinajstić information content (AvgIpc) is 3.21. The Morgan fingerprint density at radius 1 is 1.32 bits per heavy atom. The zero-order valence-electron chi connectivity index (χ0n) is 16.6. The van der Waals surface area contributed by atoms with E-state index in [0.29, 0.717) is 4.96 Å². The molecular formula is C20H26N4O3S. The van der Waals surface area contributed by atoms with Gasteiger partial charge in [0.25, 0.3) is 0 Å². The second-order valence-electron chi connectivity index (χ2n) is 7.26. The van der Waals surface area contributed by atoms with Gasteiger partial charge >= 0.3 is 0 Å². The van der Waals surface area contributed by atoms with Crippen molar-refractivity contribution in [3.63, 3.8) is 0 Å². The van der Waals surface area contributed by atoms with Crippen LogP contribution in [-0.2, 0) is 11.2 Å². The van der Waals surface area contributed by atoms with Gasteiger partial charge in [0.2, 0.25) is 10.8 Å². The first-order chi connectivity index (χ1) is 13.5. The number of morpholine rings is 1. The van der Waals surface area contributed by atoms with Crippen molar-refractivity contribution in [2.75, 3.05) is 20.2 Å². The van der Waals surface area contributed by atoms with Crippen LogP contribution < -0.4 is 4.74 Å². The van der Waals surface area contributed by atoms with E-state index in [1.165, 1.54) is 11.3 Å². The third-order valence-electron chi connectivity index (χ3n) is 5.03. The van der Waals surface area contributed by atoms with Crippen LogP contribution >= 0.6 is 11.3 Å². The Balaban J connectivity index is 1.82. The quantitative estimate of drug-likeness (QED) is 0.706. The minimum atomic E-state index is -0.123. The summed E-state index contributed by atoms with van der Waals surface area (Å²) in [6, 6.07) is 7.90. The predicted molar refractivity (Wildman–Crippen MR) is 108 cm³/mol. The van der Waals surface area contributed by atoms with Gasteiger partial charge in [-0.3, -0.25) is 4.90 Å². The van der Waals surface area contributed by atoms with Crippen molar-refractivity contribution in [1.82, 2.24) is 19.5 Å². The Hall–Kier alpha value is -2.16. The summed E-state index contributed by atoms with van der Waals surface area (Å²) in [6.45, 7) is 7.73. The number of fused-ring (bicyclic) bond motifs is 1. The molecule has 1 aromatic carbocycles. The van der Waals surface area contributed by atoms with E-state index in [0.717, 1.165) is 41.5 Å². The number of hydrogen-bond acceptors (Lipinski definition) is 7. The van der Waals surface area contributed by atoms with E-state index in [4.69, 9.17) is 9.47 Å². The predicted octanol–water partition coefficient (Wildman–Crippen LogP) is 3.27. The molecule has 0 saturated carbocycles. The zero-order chi connectivity index (χ0) is 19.8. The fourth-order valence-electron chi connectivity index (χ4n) is 3.89. The second-order valence-corrected chi connectivity index (χ2v) is 8.27. The van der Waals surface area contributed by atoms with Crippen molar-refractivity contribution in [3.05, 3.63) is 40.5 Å². The Kier molecular flexibility index (Phi) is 5.27. The molecule has 3 heterocycles. The summed E-state index contributed by atoms with van der Waals surface area (Å²) in [6.07, 6.45) is 0.974. The minimum absolute atomic E-state index is 0.118. The highest BCUT2D eigenvalue weighted by molar-refractivity contribution is 7.17. The van der Waals surface area contributed by atoms with Crippen molar-refractivity contribution in [2.45, 2.75) is 45.4 Å². The van der Waals surface area contributed by atoms with Crippen LogP contribution in [0.2, 0.25) is 0 Å². The second kappa shape index (κ2) is 7.69. The maximum atomic E-state index is 11.0. The SMILES string of the molecule is CCc1nc2sc([C@@H](c3cccc(OC)c3)N3C[C@@H](C)O[C@H](C)C3)c(O)n2n1. The van der Waals surface area contributed by atoms with E-state index < -0.39 is 0 Å². The minimum Gasteiger partial charge on any atom is -0.497 e. The third-order valence-corrected chi connectivity index (χ3v) is 6.10. The van der Waals surface area contributed by atoms with Crippen LogP contribution in [0.25, 0.3) is 4.96 Å². The number of thiazole rings is 1. The maximum absolute atomic E-state index is 11.0. The molecule has 150 valence electrons. The molecule has 1 fully saturated rings. The highest BCUT2D eigenvalue weighted by Gasteiger charge is 2.34. The van der Waals surface area contributed by atoms with Crippen LogP contribution in [0.1, 0.15) is 43.1 Å². The molecule has 1 aliphatic rings. The molecule has 1 aliphatic heterocycles. The fourth-order valence-corrected chi connectivity index (χ4v) is 5.02. The number of aromatic hydroxyl groups is 1. The number of rotatable bonds is 5. The number of nitrogens with zero attached hydrogens (tertiary/aromatic N) is 4. The van der Waals surface area contributed by atoms with Gasteiger partial charge in [0, 0.05) is 19.5 Å². The Labute approximate surface area is 168 Å². The summed E-state index contributed by atoms with van der Waals surface area (Å²) in [5, 5.41) is 15.4. The van der Waals surface area contributed by atoms with Gasteiger partial charge in [-0.05, 0) is 31.5 Å². The summed E-state index contributed by atoms with van der Waals surface area (Å²) in [5.41, 5.74) is 1.07. The van der Waals surface area contributed by atoms with Gasteiger partial charge in [0.15, 0.2) is 5.82 Å². The number of aromatic nitrogens is 3. The first-order valence-corrected chi connectivity index (χ1v) is 10.4. The lowest BCUT2D eigenvalue weighted by molar-refractivity contribution is -0.0764. The van der Waals surface area contributed by atoms with E-state index in [9.17, 15) is 5.11 Å². The summed E-state index contributed by atoms with van der Waals surface area (Å²) in [4.78, 5) is 8.45. The lowest BCUT2D eigenvalue weighted by Crippen LogP contribution is -2.47. The number of methoxy groups -OCH3 is 1. The van der Waals surface area contributed by atoms with Crippen LogP contribution in [0.4, 0.5) is 0 Å². The van der Waals surface area contributed by atoms with Crippen molar-refractivity contribution in [3.8, 4) is 11.6 Å². The van der Waals surface area contributed by atoms with Gasteiger partial charge in [0.1, 0.15) is 5.75 Å². The molecule has 0 radical (unpaired) electrons. The monoisotopic (exact) mass is 402 g/mol. The van der Waals surface area contributed by atoms with Crippen LogP contribution in [-0.4, -0.2) is 57.0 Å². The van der Waals surface area contributed by atoms with Gasteiger partial charge in [-0.2, -0.15) is 4.52 Å². The molecular weight excluding hydrogens is 376 g/mol. The number of ether oxygens (including phenoxy) is 2. The molecule has 3 aromatic rings. The summed E-state index contributed by atoms with van der Waals surface area (Å²) < 4.78 is 12.9. The lowest BCUT2D eigenvalue weighted by Gasteiger charge is -2.40. The molecule has 7 nitrogen and oxygen atoms in total. The molecule has 0 amide bonds. The molecule has 0 aliphatic carbocycles. The van der Waals surface area contributed by atoms with Gasteiger partial charge in [0.05, 0.1) is 30.2 Å². The van der Waals surface area contributed by atoms with Gasteiger partial charge in [-0.1, -0.05) is 30.4 Å². The lowest BCUT2D eigenvalue weighted by atomic mass is 10.0. The Morgan fingerprint density at radius 2 is 2.07 bits per heavy atom. The molecule has 3 atom stereocenters. The van der Waals surface area contributed by atoms with Crippen molar-refractivity contribution < 1.29 is 14.6 Å².